The second-order valence-corrected chi connectivity index (χ2v) is 5.51. The van der Waals surface area contributed by atoms with Crippen molar-refractivity contribution in [3.63, 3.8) is 0 Å². The highest BCUT2D eigenvalue weighted by molar-refractivity contribution is 7.16. The normalized spacial score (nSPS) is 11.5. The first-order valence-corrected chi connectivity index (χ1v) is 5.76. The molecule has 0 spiro atoms. The zero-order valence-electron chi connectivity index (χ0n) is 9.59. The lowest BCUT2D eigenvalue weighted by Gasteiger charge is -2.19. The molecule has 84 valence electrons. The quantitative estimate of drug-likeness (QED) is 0.790. The lowest BCUT2D eigenvalue weighted by atomic mass is 10.2. The van der Waals surface area contributed by atoms with Crippen LogP contribution in [0.3, 0.4) is 0 Å². The minimum atomic E-state index is -0.474. The van der Waals surface area contributed by atoms with Crippen LogP contribution < -0.4 is 5.73 Å². The molecule has 0 atom stereocenters. The SMILES string of the molecule is CCc1cc(C(=O)OC(C)(C)C)c(N)s1. The van der Waals surface area contributed by atoms with E-state index in [-0.39, 0.29) is 5.97 Å². The number of ether oxygens (including phenoxy) is 1. The molecular weight excluding hydrogens is 210 g/mol. The van der Waals surface area contributed by atoms with Gasteiger partial charge in [-0.25, -0.2) is 4.79 Å². The first kappa shape index (κ1) is 12.0. The summed E-state index contributed by atoms with van der Waals surface area (Å²) < 4.78 is 5.25. The highest BCUT2D eigenvalue weighted by Crippen LogP contribution is 2.27. The molecule has 1 aromatic heterocycles. The summed E-state index contributed by atoms with van der Waals surface area (Å²) in [5.41, 5.74) is 5.77. The summed E-state index contributed by atoms with van der Waals surface area (Å²) in [6.07, 6.45) is 0.887. The molecule has 0 saturated carbocycles. The fourth-order valence-electron chi connectivity index (χ4n) is 1.12. The van der Waals surface area contributed by atoms with Crippen molar-refractivity contribution in [3.05, 3.63) is 16.5 Å². The third-order valence-electron chi connectivity index (χ3n) is 1.78. The number of aryl methyl sites for hydroxylation is 1. The van der Waals surface area contributed by atoms with E-state index in [0.717, 1.165) is 11.3 Å². The van der Waals surface area contributed by atoms with Crippen LogP contribution in [0.5, 0.6) is 0 Å². The van der Waals surface area contributed by atoms with E-state index in [4.69, 9.17) is 10.5 Å². The van der Waals surface area contributed by atoms with Gasteiger partial charge in [-0.1, -0.05) is 6.92 Å². The van der Waals surface area contributed by atoms with Gasteiger partial charge in [0.05, 0.1) is 5.56 Å². The summed E-state index contributed by atoms with van der Waals surface area (Å²) in [4.78, 5) is 12.8. The van der Waals surface area contributed by atoms with Crippen molar-refractivity contribution in [2.24, 2.45) is 0 Å². The Morgan fingerprint density at radius 3 is 2.53 bits per heavy atom. The minimum Gasteiger partial charge on any atom is -0.456 e. The number of nitrogen functional groups attached to an aromatic ring is 1. The van der Waals surface area contributed by atoms with E-state index in [9.17, 15) is 4.79 Å². The highest BCUT2D eigenvalue weighted by atomic mass is 32.1. The summed E-state index contributed by atoms with van der Waals surface area (Å²) in [5, 5.41) is 0.543. The molecule has 0 aromatic carbocycles. The summed E-state index contributed by atoms with van der Waals surface area (Å²) in [6.45, 7) is 7.56. The maximum atomic E-state index is 11.7. The molecule has 0 bridgehead atoms. The van der Waals surface area contributed by atoms with Gasteiger partial charge in [0.15, 0.2) is 0 Å². The zero-order chi connectivity index (χ0) is 11.6. The topological polar surface area (TPSA) is 52.3 Å². The van der Waals surface area contributed by atoms with Crippen molar-refractivity contribution in [2.45, 2.75) is 39.7 Å². The number of rotatable bonds is 2. The van der Waals surface area contributed by atoms with E-state index in [1.165, 1.54) is 11.3 Å². The van der Waals surface area contributed by atoms with Crippen molar-refractivity contribution in [2.75, 3.05) is 5.73 Å². The molecule has 1 rings (SSSR count). The molecule has 1 heterocycles. The molecule has 15 heavy (non-hydrogen) atoms. The van der Waals surface area contributed by atoms with Crippen LogP contribution in [0.1, 0.15) is 42.9 Å². The Labute approximate surface area is 94.2 Å². The predicted octanol–water partition coefficient (Wildman–Crippen LogP) is 2.85. The number of carbonyl (C=O) groups excluding carboxylic acids is 1. The Hall–Kier alpha value is -1.03. The largest absolute Gasteiger partial charge is 0.456 e. The molecule has 0 aliphatic rings. The predicted molar refractivity (Wildman–Crippen MR) is 63.3 cm³/mol. The molecule has 0 radical (unpaired) electrons. The van der Waals surface area contributed by atoms with Crippen LogP contribution in [0.2, 0.25) is 0 Å². The number of hydrogen-bond acceptors (Lipinski definition) is 4. The Morgan fingerprint density at radius 1 is 1.53 bits per heavy atom. The maximum Gasteiger partial charge on any atom is 0.341 e. The summed E-state index contributed by atoms with van der Waals surface area (Å²) in [7, 11) is 0. The summed E-state index contributed by atoms with van der Waals surface area (Å²) in [6, 6.07) is 1.81. The number of thiophene rings is 1. The van der Waals surface area contributed by atoms with E-state index in [2.05, 4.69) is 0 Å². The Balaban J connectivity index is 2.87. The third-order valence-corrected chi connectivity index (χ3v) is 2.89. The van der Waals surface area contributed by atoms with E-state index >= 15 is 0 Å². The van der Waals surface area contributed by atoms with Crippen LogP contribution in [-0.2, 0) is 11.2 Å². The van der Waals surface area contributed by atoms with Crippen LogP contribution in [0.25, 0.3) is 0 Å². The number of carbonyl (C=O) groups is 1. The molecular formula is C11H17NO2S. The Morgan fingerprint density at radius 2 is 2.13 bits per heavy atom. The molecule has 3 nitrogen and oxygen atoms in total. The van der Waals surface area contributed by atoms with Gasteiger partial charge < -0.3 is 10.5 Å². The standard InChI is InChI=1S/C11H17NO2S/c1-5-7-6-8(9(12)15-7)10(13)14-11(2,3)4/h6H,5,12H2,1-4H3. The number of esters is 1. The monoisotopic (exact) mass is 227 g/mol. The molecule has 0 saturated heterocycles. The van der Waals surface area contributed by atoms with Crippen LogP contribution >= 0.6 is 11.3 Å². The first-order chi connectivity index (χ1) is 6.83. The van der Waals surface area contributed by atoms with Crippen LogP contribution in [-0.4, -0.2) is 11.6 Å². The number of anilines is 1. The van der Waals surface area contributed by atoms with Gasteiger partial charge >= 0.3 is 5.97 Å². The van der Waals surface area contributed by atoms with Gasteiger partial charge in [-0.15, -0.1) is 11.3 Å². The van der Waals surface area contributed by atoms with E-state index in [1.54, 1.807) is 0 Å². The molecule has 0 fully saturated rings. The van der Waals surface area contributed by atoms with Crippen molar-refractivity contribution in [3.8, 4) is 0 Å². The Bertz CT molecular complexity index is 363. The van der Waals surface area contributed by atoms with Gasteiger partial charge in [0.1, 0.15) is 10.6 Å². The zero-order valence-corrected chi connectivity index (χ0v) is 10.4. The first-order valence-electron chi connectivity index (χ1n) is 4.95. The lowest BCUT2D eigenvalue weighted by Crippen LogP contribution is -2.24. The maximum absolute atomic E-state index is 11.7. The third kappa shape index (κ3) is 3.23. The minimum absolute atomic E-state index is 0.337. The number of nitrogens with two attached hydrogens (primary N) is 1. The Kier molecular flexibility index (Phi) is 3.39. The van der Waals surface area contributed by atoms with Crippen LogP contribution in [0.4, 0.5) is 5.00 Å². The van der Waals surface area contributed by atoms with E-state index in [0.29, 0.717) is 10.6 Å². The molecule has 2 N–H and O–H groups in total. The van der Waals surface area contributed by atoms with Gasteiger partial charge in [0, 0.05) is 4.88 Å². The van der Waals surface area contributed by atoms with Crippen LogP contribution in [0.15, 0.2) is 6.07 Å². The van der Waals surface area contributed by atoms with Gasteiger partial charge in [-0.3, -0.25) is 0 Å². The van der Waals surface area contributed by atoms with Crippen molar-refractivity contribution >= 4 is 22.3 Å². The van der Waals surface area contributed by atoms with Crippen molar-refractivity contribution < 1.29 is 9.53 Å². The van der Waals surface area contributed by atoms with Crippen molar-refractivity contribution in [1.82, 2.24) is 0 Å². The molecule has 0 aliphatic carbocycles. The second kappa shape index (κ2) is 4.23. The lowest BCUT2D eigenvalue weighted by molar-refractivity contribution is 0.00713. The van der Waals surface area contributed by atoms with Gasteiger partial charge in [0.25, 0.3) is 0 Å². The molecule has 0 aliphatic heterocycles. The number of hydrogen-bond donors (Lipinski definition) is 1. The molecule has 0 unspecified atom stereocenters. The fourth-order valence-corrected chi connectivity index (χ4v) is 1.98. The van der Waals surface area contributed by atoms with E-state index < -0.39 is 5.60 Å². The summed E-state index contributed by atoms with van der Waals surface area (Å²) in [5.74, 6) is -0.337. The summed E-state index contributed by atoms with van der Waals surface area (Å²) >= 11 is 1.45. The molecule has 1 aromatic rings. The molecule has 4 heteroatoms. The van der Waals surface area contributed by atoms with Gasteiger partial charge in [0.2, 0.25) is 0 Å². The van der Waals surface area contributed by atoms with E-state index in [1.807, 2.05) is 33.8 Å². The smallest absolute Gasteiger partial charge is 0.341 e. The van der Waals surface area contributed by atoms with Gasteiger partial charge in [-0.05, 0) is 33.3 Å². The highest BCUT2D eigenvalue weighted by Gasteiger charge is 2.21. The average Bonchev–Trinajstić information content (AvgIpc) is 2.43. The fraction of sp³-hybridized carbons (Fsp3) is 0.545. The van der Waals surface area contributed by atoms with Crippen LogP contribution in [0, 0.1) is 0 Å². The van der Waals surface area contributed by atoms with Gasteiger partial charge in [-0.2, -0.15) is 0 Å². The molecule has 0 amide bonds. The average molecular weight is 227 g/mol. The second-order valence-electron chi connectivity index (χ2n) is 4.35. The van der Waals surface area contributed by atoms with Crippen molar-refractivity contribution in [1.29, 1.82) is 0 Å².